The number of halogens is 1. The highest BCUT2D eigenvalue weighted by atomic mass is 32.2. The van der Waals surface area contributed by atoms with Crippen molar-refractivity contribution in [2.24, 2.45) is 0 Å². The average Bonchev–Trinajstić information content (AvgIpc) is 2.56. The minimum absolute atomic E-state index is 0.0186. The molecule has 1 heterocycles. The van der Waals surface area contributed by atoms with Crippen molar-refractivity contribution in [3.63, 3.8) is 0 Å². The van der Waals surface area contributed by atoms with E-state index in [-0.39, 0.29) is 22.1 Å². The third-order valence-electron chi connectivity index (χ3n) is 3.48. The molecule has 1 N–H and O–H groups in total. The van der Waals surface area contributed by atoms with Crippen LogP contribution in [0.1, 0.15) is 5.76 Å². The van der Waals surface area contributed by atoms with Gasteiger partial charge in [0.2, 0.25) is 5.88 Å². The van der Waals surface area contributed by atoms with Crippen molar-refractivity contribution in [2.75, 3.05) is 4.72 Å². The smallest absolute Gasteiger partial charge is 0.264 e. The van der Waals surface area contributed by atoms with Crippen LogP contribution in [0.4, 0.5) is 10.3 Å². The zero-order chi connectivity index (χ0) is 18.0. The second-order valence-corrected chi connectivity index (χ2v) is 7.03. The zero-order valence-electron chi connectivity index (χ0n) is 13.2. The van der Waals surface area contributed by atoms with Gasteiger partial charge in [0.15, 0.2) is 5.43 Å². The van der Waals surface area contributed by atoms with Gasteiger partial charge in [-0.3, -0.25) is 4.79 Å². The van der Waals surface area contributed by atoms with Crippen LogP contribution < -0.4 is 10.2 Å². The topological polar surface area (TPSA) is 76.4 Å². The van der Waals surface area contributed by atoms with Gasteiger partial charge >= 0.3 is 0 Å². The van der Waals surface area contributed by atoms with Crippen LogP contribution in [0, 0.1) is 12.7 Å². The monoisotopic (exact) mass is 359 g/mol. The third-order valence-corrected chi connectivity index (χ3v) is 4.83. The van der Waals surface area contributed by atoms with Crippen LogP contribution in [-0.2, 0) is 10.0 Å². The molecule has 0 unspecified atom stereocenters. The lowest BCUT2D eigenvalue weighted by Crippen LogP contribution is -2.16. The Morgan fingerprint density at radius 3 is 2.28 bits per heavy atom. The van der Waals surface area contributed by atoms with Crippen LogP contribution in [0.15, 0.2) is 74.8 Å². The fourth-order valence-corrected chi connectivity index (χ4v) is 3.37. The van der Waals surface area contributed by atoms with Gasteiger partial charge in [0, 0.05) is 6.07 Å². The second kappa shape index (κ2) is 6.52. The molecule has 3 rings (SSSR count). The molecule has 0 atom stereocenters. The summed E-state index contributed by atoms with van der Waals surface area (Å²) >= 11 is 0. The number of anilines is 1. The minimum atomic E-state index is -3.94. The highest BCUT2D eigenvalue weighted by Crippen LogP contribution is 2.28. The van der Waals surface area contributed by atoms with Crippen LogP contribution in [0.2, 0.25) is 0 Å². The standard InChI is InChI=1S/C18H14FNO4S/c1-12-11-16(21)17(13-7-9-14(19)10-8-13)18(24-12)20-25(22,23)15-5-3-2-4-6-15/h2-11,20H,1H3. The Hall–Kier alpha value is -2.93. The van der Waals surface area contributed by atoms with E-state index in [0.29, 0.717) is 5.56 Å². The molecule has 2 aromatic carbocycles. The number of sulfonamides is 1. The first-order valence-electron chi connectivity index (χ1n) is 7.35. The predicted octanol–water partition coefficient (Wildman–Crippen LogP) is 3.56. The van der Waals surface area contributed by atoms with E-state index in [0.717, 1.165) is 0 Å². The summed E-state index contributed by atoms with van der Waals surface area (Å²) in [7, 11) is -3.94. The van der Waals surface area contributed by atoms with Crippen molar-refractivity contribution in [1.82, 2.24) is 0 Å². The average molecular weight is 359 g/mol. The summed E-state index contributed by atoms with van der Waals surface area (Å²) < 4.78 is 46.0. The first-order chi connectivity index (χ1) is 11.9. The molecular weight excluding hydrogens is 345 g/mol. The summed E-state index contributed by atoms with van der Waals surface area (Å²) in [4.78, 5) is 12.4. The zero-order valence-corrected chi connectivity index (χ0v) is 14.0. The maximum atomic E-state index is 13.1. The molecule has 0 saturated heterocycles. The fourth-order valence-electron chi connectivity index (χ4n) is 2.35. The Balaban J connectivity index is 2.13. The summed E-state index contributed by atoms with van der Waals surface area (Å²) in [6, 6.07) is 14.1. The summed E-state index contributed by atoms with van der Waals surface area (Å²) in [5, 5.41) is 0. The highest BCUT2D eigenvalue weighted by Gasteiger charge is 2.20. The van der Waals surface area contributed by atoms with E-state index in [9.17, 15) is 17.6 Å². The first-order valence-corrected chi connectivity index (χ1v) is 8.84. The van der Waals surface area contributed by atoms with E-state index in [4.69, 9.17) is 4.42 Å². The molecule has 3 aromatic rings. The largest absolute Gasteiger partial charge is 0.444 e. The van der Waals surface area contributed by atoms with E-state index in [1.54, 1.807) is 18.2 Å². The molecule has 0 fully saturated rings. The lowest BCUT2D eigenvalue weighted by molar-refractivity contribution is 0.533. The molecule has 5 nitrogen and oxygen atoms in total. The van der Waals surface area contributed by atoms with Crippen LogP contribution in [-0.4, -0.2) is 8.42 Å². The molecular formula is C18H14FNO4S. The van der Waals surface area contributed by atoms with E-state index in [1.807, 2.05) is 0 Å². The van der Waals surface area contributed by atoms with Crippen molar-refractivity contribution in [3.05, 3.63) is 82.5 Å². The van der Waals surface area contributed by atoms with Gasteiger partial charge in [-0.25, -0.2) is 17.5 Å². The van der Waals surface area contributed by atoms with Crippen molar-refractivity contribution >= 4 is 15.9 Å². The molecule has 128 valence electrons. The lowest BCUT2D eigenvalue weighted by Gasteiger charge is -2.12. The lowest BCUT2D eigenvalue weighted by atomic mass is 10.1. The molecule has 0 amide bonds. The van der Waals surface area contributed by atoms with Crippen LogP contribution in [0.3, 0.4) is 0 Å². The maximum absolute atomic E-state index is 13.1. The molecule has 0 aliphatic heterocycles. The maximum Gasteiger partial charge on any atom is 0.264 e. The Morgan fingerprint density at radius 2 is 1.64 bits per heavy atom. The van der Waals surface area contributed by atoms with Gasteiger partial charge in [0.25, 0.3) is 10.0 Å². The van der Waals surface area contributed by atoms with Gasteiger partial charge in [-0.15, -0.1) is 0 Å². The summed E-state index contributed by atoms with van der Waals surface area (Å²) in [6.07, 6.45) is 0. The number of hydrogen-bond acceptors (Lipinski definition) is 4. The van der Waals surface area contributed by atoms with Crippen LogP contribution in [0.25, 0.3) is 11.1 Å². The number of nitrogens with one attached hydrogen (secondary N) is 1. The Kier molecular flexibility index (Phi) is 4.41. The SMILES string of the molecule is Cc1cc(=O)c(-c2ccc(F)cc2)c(NS(=O)(=O)c2ccccc2)o1. The molecule has 0 saturated carbocycles. The van der Waals surface area contributed by atoms with Crippen molar-refractivity contribution in [3.8, 4) is 11.1 Å². The Labute approximate surface area is 143 Å². The molecule has 25 heavy (non-hydrogen) atoms. The highest BCUT2D eigenvalue weighted by molar-refractivity contribution is 7.92. The molecule has 0 aliphatic rings. The second-order valence-electron chi connectivity index (χ2n) is 5.35. The molecule has 7 heteroatoms. The molecule has 0 aliphatic carbocycles. The van der Waals surface area contributed by atoms with Crippen LogP contribution in [0.5, 0.6) is 0 Å². The van der Waals surface area contributed by atoms with Crippen molar-refractivity contribution < 1.29 is 17.2 Å². The third kappa shape index (κ3) is 3.61. The van der Waals surface area contributed by atoms with Crippen LogP contribution >= 0.6 is 0 Å². The van der Waals surface area contributed by atoms with Crippen molar-refractivity contribution in [2.45, 2.75) is 11.8 Å². The predicted molar refractivity (Wildman–Crippen MR) is 92.4 cm³/mol. The summed E-state index contributed by atoms with van der Waals surface area (Å²) in [5.41, 5.74) is -0.0628. The molecule has 0 spiro atoms. The summed E-state index contributed by atoms with van der Waals surface area (Å²) in [6.45, 7) is 1.54. The number of rotatable bonds is 4. The Bertz CT molecular complexity index is 1060. The summed E-state index contributed by atoms with van der Waals surface area (Å²) in [5.74, 6) is -0.422. The Morgan fingerprint density at radius 1 is 1.00 bits per heavy atom. The van der Waals surface area contributed by atoms with E-state index >= 15 is 0 Å². The number of aryl methyl sites for hydroxylation is 1. The number of hydrogen-bond donors (Lipinski definition) is 1. The van der Waals surface area contributed by atoms with Gasteiger partial charge in [0.1, 0.15) is 11.6 Å². The van der Waals surface area contributed by atoms with Gasteiger partial charge in [0.05, 0.1) is 10.5 Å². The van der Waals surface area contributed by atoms with Crippen molar-refractivity contribution in [1.29, 1.82) is 0 Å². The van der Waals surface area contributed by atoms with Gasteiger partial charge < -0.3 is 4.42 Å². The van der Waals surface area contributed by atoms with Gasteiger partial charge in [-0.05, 0) is 36.8 Å². The number of benzene rings is 2. The van der Waals surface area contributed by atoms with Gasteiger partial charge in [-0.2, -0.15) is 0 Å². The molecule has 1 aromatic heterocycles. The fraction of sp³-hybridized carbons (Fsp3) is 0.0556. The minimum Gasteiger partial charge on any atom is -0.444 e. The van der Waals surface area contributed by atoms with E-state index < -0.39 is 21.3 Å². The molecule has 0 bridgehead atoms. The van der Waals surface area contributed by atoms with E-state index in [1.165, 1.54) is 49.4 Å². The molecule has 0 radical (unpaired) electrons. The van der Waals surface area contributed by atoms with E-state index in [2.05, 4.69) is 4.72 Å². The quantitative estimate of drug-likeness (QED) is 0.773. The normalized spacial score (nSPS) is 11.3. The first kappa shape index (κ1) is 16.9. The van der Waals surface area contributed by atoms with Gasteiger partial charge in [-0.1, -0.05) is 30.3 Å².